The summed E-state index contributed by atoms with van der Waals surface area (Å²) in [5, 5.41) is 2.68. The van der Waals surface area contributed by atoms with Crippen LogP contribution in [0.25, 0.3) is 0 Å². The summed E-state index contributed by atoms with van der Waals surface area (Å²) in [7, 11) is 0. The Bertz CT molecular complexity index is 408. The second-order valence-electron chi connectivity index (χ2n) is 4.11. The normalized spacial score (nSPS) is 12.0. The molecule has 0 aliphatic carbocycles. The molecule has 3 N–H and O–H groups in total. The maximum atomic E-state index is 13.1. The molecular weight excluding hydrogens is 235 g/mol. The molecule has 1 unspecified atom stereocenters. The first kappa shape index (κ1) is 14.4. The Hall–Kier alpha value is -1.62. The molecule has 1 aromatic rings. The number of hydrogen-bond acceptors (Lipinski definition) is 3. The van der Waals surface area contributed by atoms with Crippen molar-refractivity contribution in [3.05, 3.63) is 29.6 Å². The van der Waals surface area contributed by atoms with Crippen molar-refractivity contribution in [2.45, 2.75) is 26.3 Å². The first-order valence-corrected chi connectivity index (χ1v) is 5.99. The number of rotatable bonds is 6. The minimum Gasteiger partial charge on any atom is -0.483 e. The van der Waals surface area contributed by atoms with Crippen LogP contribution in [0.3, 0.4) is 0 Å². The van der Waals surface area contributed by atoms with Crippen LogP contribution >= 0.6 is 0 Å². The van der Waals surface area contributed by atoms with Crippen molar-refractivity contribution in [3.8, 4) is 5.75 Å². The number of hydrogen-bond donors (Lipinski definition) is 2. The number of halogens is 1. The standard InChI is InChI=1S/C13H19FN2O2/c1-3-6-16-13(17)8-18-12-7-10(14)4-5-11(12)9(2)15/h4-5,7,9H,3,6,8,15H2,1-2H3,(H,16,17). The molecule has 0 saturated heterocycles. The number of carbonyl (C=O) groups is 1. The fraction of sp³-hybridized carbons (Fsp3) is 0.462. The van der Waals surface area contributed by atoms with Crippen molar-refractivity contribution in [2.75, 3.05) is 13.2 Å². The van der Waals surface area contributed by atoms with Crippen LogP contribution in [-0.4, -0.2) is 19.1 Å². The number of nitrogens with two attached hydrogens (primary N) is 1. The summed E-state index contributed by atoms with van der Waals surface area (Å²) in [5.41, 5.74) is 6.43. The van der Waals surface area contributed by atoms with Gasteiger partial charge in [0.15, 0.2) is 6.61 Å². The fourth-order valence-corrected chi connectivity index (χ4v) is 1.47. The third kappa shape index (κ3) is 4.33. The highest BCUT2D eigenvalue weighted by atomic mass is 19.1. The minimum atomic E-state index is -0.414. The van der Waals surface area contributed by atoms with Crippen molar-refractivity contribution < 1.29 is 13.9 Å². The maximum Gasteiger partial charge on any atom is 0.257 e. The van der Waals surface area contributed by atoms with Gasteiger partial charge >= 0.3 is 0 Å². The van der Waals surface area contributed by atoms with Gasteiger partial charge in [-0.2, -0.15) is 0 Å². The highest BCUT2D eigenvalue weighted by Crippen LogP contribution is 2.24. The zero-order valence-electron chi connectivity index (χ0n) is 10.7. The minimum absolute atomic E-state index is 0.136. The number of ether oxygens (including phenoxy) is 1. The molecule has 1 atom stereocenters. The highest BCUT2D eigenvalue weighted by Gasteiger charge is 2.11. The summed E-state index contributed by atoms with van der Waals surface area (Å²) in [4.78, 5) is 11.4. The SMILES string of the molecule is CCCNC(=O)COc1cc(F)ccc1C(C)N. The number of nitrogens with one attached hydrogen (secondary N) is 1. The summed E-state index contributed by atoms with van der Waals surface area (Å²) >= 11 is 0. The summed E-state index contributed by atoms with van der Waals surface area (Å²) in [5.74, 6) is -0.322. The van der Waals surface area contributed by atoms with E-state index < -0.39 is 5.82 Å². The molecule has 1 amide bonds. The van der Waals surface area contributed by atoms with Gasteiger partial charge in [-0.05, 0) is 19.4 Å². The van der Waals surface area contributed by atoms with Gasteiger partial charge in [-0.1, -0.05) is 13.0 Å². The molecule has 0 saturated carbocycles. The van der Waals surface area contributed by atoms with Crippen LogP contribution in [-0.2, 0) is 4.79 Å². The Balaban J connectivity index is 2.65. The molecule has 0 aliphatic heterocycles. The molecule has 1 rings (SSSR count). The van der Waals surface area contributed by atoms with Crippen molar-refractivity contribution in [2.24, 2.45) is 5.73 Å². The van der Waals surface area contributed by atoms with Gasteiger partial charge < -0.3 is 15.8 Å². The largest absolute Gasteiger partial charge is 0.483 e. The van der Waals surface area contributed by atoms with E-state index in [9.17, 15) is 9.18 Å². The van der Waals surface area contributed by atoms with E-state index in [1.807, 2.05) is 6.92 Å². The first-order chi connectivity index (χ1) is 8.54. The van der Waals surface area contributed by atoms with E-state index in [0.717, 1.165) is 6.42 Å². The molecule has 18 heavy (non-hydrogen) atoms. The zero-order chi connectivity index (χ0) is 13.5. The number of amides is 1. The van der Waals surface area contributed by atoms with Crippen LogP contribution in [0.15, 0.2) is 18.2 Å². The van der Waals surface area contributed by atoms with Gasteiger partial charge in [0.25, 0.3) is 5.91 Å². The topological polar surface area (TPSA) is 64.3 Å². The summed E-state index contributed by atoms with van der Waals surface area (Å²) in [6.45, 7) is 4.20. The predicted molar refractivity (Wildman–Crippen MR) is 67.8 cm³/mol. The van der Waals surface area contributed by atoms with Gasteiger partial charge in [0.2, 0.25) is 0 Å². The number of benzene rings is 1. The molecule has 0 heterocycles. The number of carbonyl (C=O) groups excluding carboxylic acids is 1. The van der Waals surface area contributed by atoms with Crippen molar-refractivity contribution in [1.82, 2.24) is 5.32 Å². The van der Waals surface area contributed by atoms with E-state index in [4.69, 9.17) is 10.5 Å². The summed E-state index contributed by atoms with van der Waals surface area (Å²) in [6.07, 6.45) is 0.858. The van der Waals surface area contributed by atoms with E-state index in [1.165, 1.54) is 12.1 Å². The Morgan fingerprint density at radius 3 is 2.89 bits per heavy atom. The van der Waals surface area contributed by atoms with Crippen LogP contribution in [0.2, 0.25) is 0 Å². The Morgan fingerprint density at radius 2 is 2.28 bits per heavy atom. The van der Waals surface area contributed by atoms with Gasteiger partial charge in [-0.15, -0.1) is 0 Å². The molecule has 0 bridgehead atoms. The van der Waals surface area contributed by atoms with Gasteiger partial charge in [0, 0.05) is 24.2 Å². The molecule has 0 fully saturated rings. The van der Waals surface area contributed by atoms with Crippen molar-refractivity contribution in [3.63, 3.8) is 0 Å². The molecule has 0 aromatic heterocycles. The Morgan fingerprint density at radius 1 is 1.56 bits per heavy atom. The van der Waals surface area contributed by atoms with Crippen molar-refractivity contribution in [1.29, 1.82) is 0 Å². The monoisotopic (exact) mass is 254 g/mol. The molecular formula is C13H19FN2O2. The lowest BCUT2D eigenvalue weighted by Gasteiger charge is -2.13. The van der Waals surface area contributed by atoms with E-state index in [0.29, 0.717) is 17.9 Å². The third-order valence-corrected chi connectivity index (χ3v) is 2.40. The smallest absolute Gasteiger partial charge is 0.257 e. The molecule has 5 heteroatoms. The average Bonchev–Trinajstić information content (AvgIpc) is 2.33. The summed E-state index contributed by atoms with van der Waals surface area (Å²) in [6, 6.07) is 3.85. The quantitative estimate of drug-likeness (QED) is 0.813. The molecule has 1 aromatic carbocycles. The molecule has 0 aliphatic rings. The van der Waals surface area contributed by atoms with Gasteiger partial charge in [-0.3, -0.25) is 4.79 Å². The van der Waals surface area contributed by atoms with Gasteiger partial charge in [-0.25, -0.2) is 4.39 Å². The fourth-order valence-electron chi connectivity index (χ4n) is 1.47. The van der Waals surface area contributed by atoms with Crippen LogP contribution in [0.5, 0.6) is 5.75 Å². The first-order valence-electron chi connectivity index (χ1n) is 5.99. The van der Waals surface area contributed by atoms with Crippen LogP contribution in [0.4, 0.5) is 4.39 Å². The Kier molecular flexibility index (Phi) is 5.58. The second kappa shape index (κ2) is 6.96. The predicted octanol–water partition coefficient (Wildman–Crippen LogP) is 1.75. The van der Waals surface area contributed by atoms with E-state index in [2.05, 4.69) is 5.32 Å². The van der Waals surface area contributed by atoms with E-state index in [1.54, 1.807) is 13.0 Å². The van der Waals surface area contributed by atoms with E-state index in [-0.39, 0.29) is 18.6 Å². The van der Waals surface area contributed by atoms with Gasteiger partial charge in [0.05, 0.1) is 0 Å². The molecule has 100 valence electrons. The van der Waals surface area contributed by atoms with Crippen LogP contribution in [0.1, 0.15) is 31.9 Å². The van der Waals surface area contributed by atoms with E-state index >= 15 is 0 Å². The summed E-state index contributed by atoms with van der Waals surface area (Å²) < 4.78 is 18.4. The van der Waals surface area contributed by atoms with Crippen molar-refractivity contribution >= 4 is 5.91 Å². The lowest BCUT2D eigenvalue weighted by atomic mass is 10.1. The van der Waals surface area contributed by atoms with Crippen LogP contribution in [0, 0.1) is 5.82 Å². The second-order valence-corrected chi connectivity index (χ2v) is 4.11. The Labute approximate surface area is 106 Å². The molecule has 0 radical (unpaired) electrons. The highest BCUT2D eigenvalue weighted by molar-refractivity contribution is 5.77. The maximum absolute atomic E-state index is 13.1. The van der Waals surface area contributed by atoms with Gasteiger partial charge in [0.1, 0.15) is 11.6 Å². The van der Waals surface area contributed by atoms with Crippen LogP contribution < -0.4 is 15.8 Å². The molecule has 0 spiro atoms. The third-order valence-electron chi connectivity index (χ3n) is 2.40. The molecule has 4 nitrogen and oxygen atoms in total. The lowest BCUT2D eigenvalue weighted by molar-refractivity contribution is -0.123. The zero-order valence-corrected chi connectivity index (χ0v) is 10.7. The average molecular weight is 254 g/mol. The lowest BCUT2D eigenvalue weighted by Crippen LogP contribution is -2.29.